The molecule has 1 aromatic heterocycles. The van der Waals surface area contributed by atoms with Crippen LogP contribution in [0.1, 0.15) is 11.3 Å². The zero-order valence-electron chi connectivity index (χ0n) is 18.8. The van der Waals surface area contributed by atoms with Gasteiger partial charge in [0.2, 0.25) is 0 Å². The third kappa shape index (κ3) is 4.55. The molecule has 4 aromatic carbocycles. The van der Waals surface area contributed by atoms with Crippen molar-refractivity contribution in [1.29, 1.82) is 0 Å². The molecule has 0 bridgehead atoms. The van der Waals surface area contributed by atoms with Crippen LogP contribution in [-0.2, 0) is 0 Å². The summed E-state index contributed by atoms with van der Waals surface area (Å²) in [4.78, 5) is 4.70. The van der Waals surface area contributed by atoms with Gasteiger partial charge >= 0.3 is 0 Å². The molecule has 164 valence electrons. The van der Waals surface area contributed by atoms with Gasteiger partial charge in [0.1, 0.15) is 0 Å². The van der Waals surface area contributed by atoms with Crippen molar-refractivity contribution in [3.8, 4) is 0 Å². The third-order valence-electron chi connectivity index (χ3n) is 5.68. The fourth-order valence-corrected chi connectivity index (χ4v) is 7.62. The van der Waals surface area contributed by atoms with Gasteiger partial charge in [0.15, 0.2) is 0 Å². The topological polar surface area (TPSA) is 25.2 Å². The zero-order valence-corrected chi connectivity index (χ0v) is 19.7. The second-order valence-electron chi connectivity index (χ2n) is 7.90. The molecular weight excluding hydrogens is 431 g/mol. The Morgan fingerprint density at radius 2 is 0.971 bits per heavy atom. The molecule has 0 saturated heterocycles. The van der Waals surface area contributed by atoms with Crippen molar-refractivity contribution in [2.45, 2.75) is 0 Å². The van der Waals surface area contributed by atoms with Crippen LogP contribution in [0.15, 0.2) is 150 Å². The average Bonchev–Trinajstić information content (AvgIpc) is 2.93. The fraction of sp³-hybridized carbons (Fsp3) is 0. The first kappa shape index (κ1) is 21.8. The molecule has 0 aliphatic heterocycles. The number of hydrogen-bond acceptors (Lipinski definition) is 2. The molecular formula is C31H25N2P. The maximum absolute atomic E-state index is 5.69. The van der Waals surface area contributed by atoms with Gasteiger partial charge in [-0.25, -0.2) is 0 Å². The summed E-state index contributed by atoms with van der Waals surface area (Å²) in [7, 11) is -2.40. The Morgan fingerprint density at radius 3 is 1.41 bits per heavy atom. The van der Waals surface area contributed by atoms with Crippen molar-refractivity contribution in [1.82, 2.24) is 4.98 Å². The molecule has 0 aliphatic rings. The highest BCUT2D eigenvalue weighted by molar-refractivity contribution is 7.87. The van der Waals surface area contributed by atoms with E-state index in [0.717, 1.165) is 17.0 Å². The van der Waals surface area contributed by atoms with E-state index in [1.54, 1.807) is 0 Å². The van der Waals surface area contributed by atoms with E-state index in [4.69, 9.17) is 9.73 Å². The van der Waals surface area contributed by atoms with Crippen LogP contribution in [0, 0.1) is 0 Å². The highest BCUT2D eigenvalue weighted by atomic mass is 31.2. The fourth-order valence-electron chi connectivity index (χ4n) is 4.09. The largest absolute Gasteiger partial charge is 0.255 e. The molecule has 0 spiro atoms. The Hall–Kier alpha value is -4.00. The molecule has 5 rings (SSSR count). The van der Waals surface area contributed by atoms with Gasteiger partial charge in [0, 0.05) is 22.1 Å². The summed E-state index contributed by atoms with van der Waals surface area (Å²) < 4.78 is 5.69. The van der Waals surface area contributed by atoms with E-state index in [2.05, 4.69) is 121 Å². The lowest BCUT2D eigenvalue weighted by Crippen LogP contribution is -2.25. The second-order valence-corrected chi connectivity index (χ2v) is 10.9. The maximum Gasteiger partial charge on any atom is 0.0887 e. The Labute approximate surface area is 201 Å². The molecule has 34 heavy (non-hydrogen) atoms. The smallest absolute Gasteiger partial charge is 0.0887 e. The predicted molar refractivity (Wildman–Crippen MR) is 146 cm³/mol. The van der Waals surface area contributed by atoms with Crippen molar-refractivity contribution in [3.63, 3.8) is 0 Å². The van der Waals surface area contributed by atoms with Gasteiger partial charge < -0.3 is 0 Å². The summed E-state index contributed by atoms with van der Waals surface area (Å²) in [6.07, 6.45) is 3.98. The van der Waals surface area contributed by atoms with E-state index >= 15 is 0 Å². The van der Waals surface area contributed by atoms with Gasteiger partial charge in [-0.3, -0.25) is 9.73 Å². The molecule has 2 nitrogen and oxygen atoms in total. The molecule has 0 aliphatic carbocycles. The summed E-state index contributed by atoms with van der Waals surface area (Å²) in [5.74, 6) is 0. The molecule has 0 amide bonds. The minimum atomic E-state index is -2.40. The quantitative estimate of drug-likeness (QED) is 0.259. The van der Waals surface area contributed by atoms with Crippen molar-refractivity contribution in [2.24, 2.45) is 4.74 Å². The first-order valence-electron chi connectivity index (χ1n) is 11.3. The zero-order chi connectivity index (χ0) is 23.1. The van der Waals surface area contributed by atoms with E-state index < -0.39 is 7.05 Å². The van der Waals surface area contributed by atoms with Crippen molar-refractivity contribution in [2.75, 3.05) is 0 Å². The van der Waals surface area contributed by atoms with Crippen LogP contribution >= 0.6 is 7.05 Å². The molecule has 0 fully saturated rings. The van der Waals surface area contributed by atoms with Crippen LogP contribution < -0.4 is 15.9 Å². The summed E-state index contributed by atoms with van der Waals surface area (Å²) in [5.41, 5.74) is 2.83. The standard InChI is InChI=1S/C31H25N2P/c1-5-15-26(16-6-1)25-31(30-23-13-14-24-32-30)33-34(27-17-7-2-8-18-27,28-19-9-3-10-20-28)29-21-11-4-12-22-29/h1-25H/b31-25-. The van der Waals surface area contributed by atoms with Gasteiger partial charge in [-0.1, -0.05) is 127 Å². The van der Waals surface area contributed by atoms with Crippen molar-refractivity contribution >= 4 is 34.7 Å². The Kier molecular flexibility index (Phi) is 6.61. The predicted octanol–water partition coefficient (Wildman–Crippen LogP) is 6.76. The summed E-state index contributed by atoms with van der Waals surface area (Å²) in [6.45, 7) is 0. The highest BCUT2D eigenvalue weighted by Gasteiger charge is 2.28. The van der Waals surface area contributed by atoms with Crippen molar-refractivity contribution < 1.29 is 0 Å². The number of aromatic nitrogens is 1. The molecule has 0 atom stereocenters. The highest BCUT2D eigenvalue weighted by Crippen LogP contribution is 2.49. The lowest BCUT2D eigenvalue weighted by atomic mass is 10.1. The monoisotopic (exact) mass is 456 g/mol. The van der Waals surface area contributed by atoms with Crippen LogP contribution in [-0.4, -0.2) is 4.98 Å². The number of pyridine rings is 1. The van der Waals surface area contributed by atoms with Crippen LogP contribution in [0.4, 0.5) is 0 Å². The van der Waals surface area contributed by atoms with E-state index in [-0.39, 0.29) is 0 Å². The van der Waals surface area contributed by atoms with Crippen LogP contribution in [0.2, 0.25) is 0 Å². The molecule has 0 radical (unpaired) electrons. The van der Waals surface area contributed by atoms with Crippen LogP contribution in [0.25, 0.3) is 11.8 Å². The molecule has 0 N–H and O–H groups in total. The average molecular weight is 457 g/mol. The summed E-state index contributed by atoms with van der Waals surface area (Å²) in [6, 6.07) is 48.4. The number of benzene rings is 4. The third-order valence-corrected chi connectivity index (χ3v) is 9.33. The number of nitrogens with zero attached hydrogens (tertiary/aromatic N) is 2. The molecule has 0 saturated carbocycles. The molecule has 3 heteroatoms. The van der Waals surface area contributed by atoms with Crippen molar-refractivity contribution in [3.05, 3.63) is 157 Å². The lowest BCUT2D eigenvalue weighted by Gasteiger charge is -2.27. The molecule has 0 unspecified atom stereocenters. The first-order chi connectivity index (χ1) is 16.9. The van der Waals surface area contributed by atoms with Gasteiger partial charge in [-0.2, -0.15) is 0 Å². The lowest BCUT2D eigenvalue weighted by molar-refractivity contribution is 1.26. The normalized spacial score (nSPS) is 11.7. The van der Waals surface area contributed by atoms with E-state index in [9.17, 15) is 0 Å². The summed E-state index contributed by atoms with van der Waals surface area (Å²) >= 11 is 0. The van der Waals surface area contributed by atoms with E-state index in [1.165, 1.54) is 15.9 Å². The molecule has 5 aromatic rings. The molecule has 1 heterocycles. The Balaban J connectivity index is 1.90. The van der Waals surface area contributed by atoms with Gasteiger partial charge in [-0.05, 0) is 23.8 Å². The Bertz CT molecular complexity index is 1310. The van der Waals surface area contributed by atoms with Gasteiger partial charge in [0.05, 0.1) is 18.4 Å². The van der Waals surface area contributed by atoms with Gasteiger partial charge in [0.25, 0.3) is 0 Å². The minimum absolute atomic E-state index is 0.860. The van der Waals surface area contributed by atoms with E-state index in [0.29, 0.717) is 0 Å². The van der Waals surface area contributed by atoms with Crippen LogP contribution in [0.3, 0.4) is 0 Å². The number of hydrogen-bond donors (Lipinski definition) is 0. The second kappa shape index (κ2) is 10.3. The first-order valence-corrected chi connectivity index (χ1v) is 13.1. The van der Waals surface area contributed by atoms with E-state index in [1.807, 2.05) is 30.5 Å². The SMILES string of the molecule is C(=C(/N=P(c1ccccc1)(c1ccccc1)c1ccccc1)c1ccccn1)/c1ccccc1. The number of rotatable bonds is 6. The van der Waals surface area contributed by atoms with Gasteiger partial charge in [-0.15, -0.1) is 0 Å². The minimum Gasteiger partial charge on any atom is -0.255 e. The summed E-state index contributed by atoms with van der Waals surface area (Å²) in [5, 5.41) is 3.63. The van der Waals surface area contributed by atoms with Crippen LogP contribution in [0.5, 0.6) is 0 Å². The Morgan fingerprint density at radius 1 is 0.529 bits per heavy atom. The maximum atomic E-state index is 5.69.